The topological polar surface area (TPSA) is 131 Å². The third kappa shape index (κ3) is 18.5. The molecule has 3 aromatic rings. The number of nitrogen functional groups attached to an aromatic ring is 3. The van der Waals surface area contributed by atoms with Gasteiger partial charge in [-0.05, 0) is 109 Å². The number of nitrogens with two attached hydrogens (primary N) is 3. The first kappa shape index (κ1) is 36.6. The number of ether oxygens (including phenoxy) is 2. The van der Waals surface area contributed by atoms with Gasteiger partial charge >= 0.3 is 11.9 Å². The van der Waals surface area contributed by atoms with E-state index < -0.39 is 0 Å². The SMILES string of the molecule is C=CC(=O)OCC.CCOC(=O)/C=C/c1cc(Br)ccc1N.Nc1ccc(Br)cc1.Nc1ccc(Br)cc1I. The molecule has 210 valence electrons. The number of esters is 2. The predicted octanol–water partition coefficient (Wildman–Crippen LogP) is 8.01. The van der Waals surface area contributed by atoms with Crippen LogP contribution in [0.5, 0.6) is 0 Å². The maximum absolute atomic E-state index is 11.1. The molecule has 0 saturated carbocycles. The van der Waals surface area contributed by atoms with E-state index in [9.17, 15) is 9.59 Å². The summed E-state index contributed by atoms with van der Waals surface area (Å²) in [7, 11) is 0. The number of halogens is 4. The van der Waals surface area contributed by atoms with E-state index in [0.717, 1.165) is 40.0 Å². The summed E-state index contributed by atoms with van der Waals surface area (Å²) >= 11 is 12.1. The maximum Gasteiger partial charge on any atom is 0.330 e. The minimum absolute atomic E-state index is 0.359. The Morgan fingerprint density at radius 1 is 0.795 bits per heavy atom. The lowest BCUT2D eigenvalue weighted by atomic mass is 10.2. The third-order valence-electron chi connectivity index (χ3n) is 4.02. The first-order valence-electron chi connectivity index (χ1n) is 11.3. The van der Waals surface area contributed by atoms with Crippen molar-refractivity contribution in [2.75, 3.05) is 30.4 Å². The number of benzene rings is 3. The van der Waals surface area contributed by atoms with Crippen LogP contribution in [-0.2, 0) is 19.1 Å². The number of hydrogen-bond acceptors (Lipinski definition) is 7. The van der Waals surface area contributed by atoms with Gasteiger partial charge in [0.2, 0.25) is 0 Å². The van der Waals surface area contributed by atoms with Crippen LogP contribution < -0.4 is 17.2 Å². The van der Waals surface area contributed by atoms with Gasteiger partial charge in [0.25, 0.3) is 0 Å². The summed E-state index contributed by atoms with van der Waals surface area (Å²) in [4.78, 5) is 21.1. The van der Waals surface area contributed by atoms with Gasteiger partial charge in [-0.25, -0.2) is 9.59 Å². The van der Waals surface area contributed by atoms with E-state index in [1.54, 1.807) is 26.0 Å². The summed E-state index contributed by atoms with van der Waals surface area (Å²) in [6.07, 6.45) is 4.14. The van der Waals surface area contributed by atoms with Gasteiger partial charge in [-0.2, -0.15) is 0 Å². The molecule has 3 aromatic carbocycles. The number of carbonyl (C=O) groups is 2. The molecule has 0 aliphatic heterocycles. The Hall–Kier alpha value is -2.35. The van der Waals surface area contributed by atoms with E-state index in [4.69, 9.17) is 21.9 Å². The van der Waals surface area contributed by atoms with E-state index in [-0.39, 0.29) is 11.9 Å². The first-order valence-corrected chi connectivity index (χ1v) is 14.8. The molecule has 0 saturated heterocycles. The summed E-state index contributed by atoms with van der Waals surface area (Å²) in [6.45, 7) is 7.51. The van der Waals surface area contributed by atoms with Crippen molar-refractivity contribution in [1.29, 1.82) is 0 Å². The highest BCUT2D eigenvalue weighted by Gasteiger charge is 1.98. The summed E-state index contributed by atoms with van der Waals surface area (Å²) in [5.41, 5.74) is 19.7. The van der Waals surface area contributed by atoms with Crippen molar-refractivity contribution in [2.45, 2.75) is 13.8 Å². The van der Waals surface area contributed by atoms with Gasteiger partial charge < -0.3 is 26.7 Å². The maximum atomic E-state index is 11.1. The van der Waals surface area contributed by atoms with Gasteiger partial charge in [0.05, 0.1) is 13.2 Å². The molecule has 0 fully saturated rings. The molecule has 0 bridgehead atoms. The van der Waals surface area contributed by atoms with Crippen molar-refractivity contribution in [3.63, 3.8) is 0 Å². The zero-order valence-corrected chi connectivity index (χ0v) is 28.4. The minimum Gasteiger partial charge on any atom is -0.463 e. The van der Waals surface area contributed by atoms with E-state index in [1.165, 1.54) is 6.08 Å². The van der Waals surface area contributed by atoms with E-state index in [1.807, 2.05) is 54.6 Å². The fourth-order valence-electron chi connectivity index (χ4n) is 2.20. The smallest absolute Gasteiger partial charge is 0.330 e. The molecule has 0 unspecified atom stereocenters. The van der Waals surface area contributed by atoms with E-state index in [0.29, 0.717) is 18.9 Å². The second kappa shape index (κ2) is 21.5. The Balaban J connectivity index is 0.000000521. The molecule has 11 heteroatoms. The van der Waals surface area contributed by atoms with Crippen molar-refractivity contribution in [1.82, 2.24) is 0 Å². The van der Waals surface area contributed by atoms with E-state index >= 15 is 0 Å². The van der Waals surface area contributed by atoms with Crippen LogP contribution in [0.2, 0.25) is 0 Å². The van der Waals surface area contributed by atoms with Gasteiger partial charge in [-0.3, -0.25) is 0 Å². The first-order chi connectivity index (χ1) is 18.4. The standard InChI is InChI=1S/C11H12BrNO2.C6H5BrIN.C6H6BrN.C5H8O2/c1-2-15-11(14)6-3-8-7-9(12)4-5-10(8)13;7-4-1-2-6(9)5(8)3-4;7-5-1-3-6(8)4-2-5;1-3-5(6)7-4-2/h3-7H,2,13H2,1H3;1-3H,9H2;1-4H,8H2;3H,1,4H2,2H3/b6-3+;;;. The molecule has 6 N–H and O–H groups in total. The fourth-order valence-corrected chi connectivity index (χ4v) is 4.15. The second-order valence-corrected chi connectivity index (χ2v) is 10.9. The molecule has 0 aliphatic carbocycles. The normalized spacial score (nSPS) is 9.49. The molecule has 0 aromatic heterocycles. The highest BCUT2D eigenvalue weighted by molar-refractivity contribution is 14.1. The predicted molar refractivity (Wildman–Crippen MR) is 181 cm³/mol. The molecule has 0 amide bonds. The average Bonchev–Trinajstić information content (AvgIpc) is 2.90. The molecule has 0 atom stereocenters. The zero-order chi connectivity index (χ0) is 29.8. The summed E-state index contributed by atoms with van der Waals surface area (Å²) in [6, 6.07) is 18.8. The van der Waals surface area contributed by atoms with Crippen LogP contribution in [-0.4, -0.2) is 25.2 Å². The van der Waals surface area contributed by atoms with Crippen LogP contribution in [0.15, 0.2) is 92.8 Å². The second-order valence-electron chi connectivity index (χ2n) is 7.03. The Labute approximate surface area is 268 Å². The number of anilines is 3. The van der Waals surface area contributed by atoms with Gasteiger partial charge in [0.15, 0.2) is 0 Å². The minimum atomic E-state index is -0.364. The van der Waals surface area contributed by atoms with E-state index in [2.05, 4.69) is 81.7 Å². The molecule has 0 aliphatic rings. The van der Waals surface area contributed by atoms with Crippen LogP contribution in [0.25, 0.3) is 6.08 Å². The largest absolute Gasteiger partial charge is 0.463 e. The lowest BCUT2D eigenvalue weighted by Gasteiger charge is -2.00. The number of hydrogen-bond donors (Lipinski definition) is 3. The molecule has 0 heterocycles. The zero-order valence-electron chi connectivity index (χ0n) is 21.5. The molecular formula is C28H31Br3IN3O4. The molecule has 0 spiro atoms. The molecule has 7 nitrogen and oxygen atoms in total. The van der Waals surface area contributed by atoms with Crippen LogP contribution >= 0.6 is 70.4 Å². The van der Waals surface area contributed by atoms with Gasteiger partial charge in [-0.15, -0.1) is 0 Å². The Kier molecular flexibility index (Phi) is 20.2. The molecule has 0 radical (unpaired) electrons. The Morgan fingerprint density at radius 3 is 1.72 bits per heavy atom. The summed E-state index contributed by atoms with van der Waals surface area (Å²) in [5.74, 6) is -0.723. The summed E-state index contributed by atoms with van der Waals surface area (Å²) in [5, 5.41) is 0. The van der Waals surface area contributed by atoms with Gasteiger partial charge in [0, 0.05) is 46.2 Å². The van der Waals surface area contributed by atoms with Crippen LogP contribution in [0.1, 0.15) is 19.4 Å². The number of rotatable bonds is 5. The van der Waals surface area contributed by atoms with Crippen molar-refractivity contribution >= 4 is 105 Å². The van der Waals surface area contributed by atoms with Crippen LogP contribution in [0, 0.1) is 3.57 Å². The monoisotopic (exact) mass is 837 g/mol. The Morgan fingerprint density at radius 2 is 1.28 bits per heavy atom. The van der Waals surface area contributed by atoms with Crippen molar-refractivity contribution in [3.05, 3.63) is 102 Å². The highest BCUT2D eigenvalue weighted by atomic mass is 127. The molecule has 39 heavy (non-hydrogen) atoms. The van der Waals surface area contributed by atoms with Crippen LogP contribution in [0.4, 0.5) is 17.1 Å². The summed E-state index contributed by atoms with van der Waals surface area (Å²) < 4.78 is 13.3. The van der Waals surface area contributed by atoms with Crippen molar-refractivity contribution < 1.29 is 19.1 Å². The van der Waals surface area contributed by atoms with Crippen LogP contribution in [0.3, 0.4) is 0 Å². The lowest BCUT2D eigenvalue weighted by Crippen LogP contribution is -1.99. The molecule has 3 rings (SSSR count). The third-order valence-corrected chi connectivity index (χ3v) is 6.47. The van der Waals surface area contributed by atoms with Gasteiger partial charge in [0.1, 0.15) is 0 Å². The quantitative estimate of drug-likeness (QED) is 0.103. The van der Waals surface area contributed by atoms with Crippen molar-refractivity contribution in [2.24, 2.45) is 0 Å². The van der Waals surface area contributed by atoms with Gasteiger partial charge in [-0.1, -0.05) is 54.4 Å². The average molecular weight is 840 g/mol. The highest BCUT2D eigenvalue weighted by Crippen LogP contribution is 2.20. The lowest BCUT2D eigenvalue weighted by molar-refractivity contribution is -0.138. The number of carbonyl (C=O) groups excluding carboxylic acids is 2. The van der Waals surface area contributed by atoms with Crippen molar-refractivity contribution in [3.8, 4) is 0 Å². The molecular weight excluding hydrogens is 809 g/mol. The fraction of sp³-hybridized carbons (Fsp3) is 0.143. The Bertz CT molecular complexity index is 1200.